The first-order valence-electron chi connectivity index (χ1n) is 7.99. The Morgan fingerprint density at radius 3 is 1.05 bits per heavy atom. The van der Waals surface area contributed by atoms with Crippen molar-refractivity contribution < 1.29 is 19.5 Å². The summed E-state index contributed by atoms with van der Waals surface area (Å²) in [6.45, 7) is 21.6. The Labute approximate surface area is 144 Å². The van der Waals surface area contributed by atoms with Crippen LogP contribution in [0, 0.1) is 0 Å². The summed E-state index contributed by atoms with van der Waals surface area (Å²) >= 11 is 0. The second-order valence-corrected chi connectivity index (χ2v) is 13.7. The molecule has 0 bridgehead atoms. The van der Waals surface area contributed by atoms with Crippen LogP contribution in [-0.2, 0) is 19.5 Å². The van der Waals surface area contributed by atoms with E-state index in [0.717, 1.165) is 22.6 Å². The summed E-state index contributed by atoms with van der Waals surface area (Å²) in [5, 5.41) is 3.70. The minimum atomic E-state index is 0. The minimum absolute atomic E-state index is 0. The van der Waals surface area contributed by atoms with Crippen LogP contribution in [0.15, 0.2) is 0 Å². The number of nitrogens with one attached hydrogen (secondary N) is 1. The molecule has 0 aromatic rings. The van der Waals surface area contributed by atoms with E-state index in [4.69, 9.17) is 0 Å². The molecule has 0 aliphatic heterocycles. The fourth-order valence-electron chi connectivity index (χ4n) is 2.77. The zero-order chi connectivity index (χ0) is 15.0. The van der Waals surface area contributed by atoms with E-state index in [2.05, 4.69) is 60.7 Å². The average molecular weight is 406 g/mol. The Hall–Kier alpha value is 1.44. The number of hydrogen-bond acceptors (Lipinski definition) is 1. The molecular weight excluding hydrogens is 369 g/mol. The third-order valence-electron chi connectivity index (χ3n) is 3.75. The van der Waals surface area contributed by atoms with E-state index >= 15 is 0 Å². The van der Waals surface area contributed by atoms with Gasteiger partial charge >= 0.3 is 19.5 Å². The SMILES string of the molecule is CC(C)P(CCNCCP(C(C)C)C(C)C)C(C)C.[Ru+2]. The second kappa shape index (κ2) is 12.9. The molecule has 0 aromatic carbocycles. The largest absolute Gasteiger partial charge is 2.00 e. The molecule has 0 rings (SSSR count). The first kappa shape index (κ1) is 23.7. The predicted octanol–water partition coefficient (Wildman–Crippen LogP) is 5.17. The van der Waals surface area contributed by atoms with E-state index in [1.807, 2.05) is 0 Å². The summed E-state index contributed by atoms with van der Waals surface area (Å²) in [7, 11) is 0.415. The molecule has 4 heteroatoms. The van der Waals surface area contributed by atoms with Crippen molar-refractivity contribution in [1.29, 1.82) is 0 Å². The van der Waals surface area contributed by atoms with Gasteiger partial charge in [0.05, 0.1) is 0 Å². The molecule has 1 nitrogen and oxygen atoms in total. The van der Waals surface area contributed by atoms with Gasteiger partial charge in [-0.1, -0.05) is 55.4 Å². The van der Waals surface area contributed by atoms with E-state index in [-0.39, 0.29) is 35.3 Å². The van der Waals surface area contributed by atoms with Gasteiger partial charge in [-0.05, 0) is 48.0 Å². The Morgan fingerprint density at radius 1 is 0.600 bits per heavy atom. The van der Waals surface area contributed by atoms with Crippen molar-refractivity contribution in [1.82, 2.24) is 5.32 Å². The summed E-state index contributed by atoms with van der Waals surface area (Å²) in [4.78, 5) is 0. The van der Waals surface area contributed by atoms with Crippen LogP contribution in [0.1, 0.15) is 55.4 Å². The normalized spacial score (nSPS) is 12.3. The molecule has 20 heavy (non-hydrogen) atoms. The predicted molar refractivity (Wildman–Crippen MR) is 97.0 cm³/mol. The van der Waals surface area contributed by atoms with Gasteiger partial charge in [0.25, 0.3) is 0 Å². The molecule has 0 spiro atoms. The number of rotatable bonds is 10. The molecule has 0 radical (unpaired) electrons. The standard InChI is InChI=1S/C16H37NP2.Ru/c1-13(2)18(14(3)4)11-9-17-10-12-19(15(5)6)16(7)8;/h13-17H,9-12H2,1-8H3;/q;+2. The van der Waals surface area contributed by atoms with Crippen molar-refractivity contribution in [2.75, 3.05) is 25.4 Å². The van der Waals surface area contributed by atoms with Crippen LogP contribution >= 0.6 is 15.8 Å². The zero-order valence-corrected chi connectivity index (χ0v) is 18.4. The summed E-state index contributed by atoms with van der Waals surface area (Å²) in [5.41, 5.74) is 3.50. The molecule has 0 unspecified atom stereocenters. The maximum absolute atomic E-state index is 3.70. The summed E-state index contributed by atoms with van der Waals surface area (Å²) in [6, 6.07) is 0. The summed E-state index contributed by atoms with van der Waals surface area (Å²) in [6.07, 6.45) is 2.79. The van der Waals surface area contributed by atoms with Gasteiger partial charge in [0.2, 0.25) is 0 Å². The molecule has 0 amide bonds. The van der Waals surface area contributed by atoms with Crippen molar-refractivity contribution in [2.45, 2.75) is 78.0 Å². The number of hydrogen-bond donors (Lipinski definition) is 1. The third kappa shape index (κ3) is 10.2. The maximum atomic E-state index is 3.70. The van der Waals surface area contributed by atoms with E-state index in [1.165, 1.54) is 25.4 Å². The minimum Gasteiger partial charge on any atom is -0.316 e. The summed E-state index contributed by atoms with van der Waals surface area (Å²) in [5.74, 6) is 0. The fraction of sp³-hybridized carbons (Fsp3) is 1.00. The average Bonchev–Trinajstić information content (AvgIpc) is 2.25. The summed E-state index contributed by atoms with van der Waals surface area (Å²) < 4.78 is 0. The van der Waals surface area contributed by atoms with Crippen LogP contribution in [-0.4, -0.2) is 48.0 Å². The van der Waals surface area contributed by atoms with Gasteiger partial charge in [-0.2, -0.15) is 0 Å². The molecule has 0 aromatic heterocycles. The molecule has 0 saturated carbocycles. The van der Waals surface area contributed by atoms with E-state index in [0.29, 0.717) is 0 Å². The molecule has 0 fully saturated rings. The molecule has 0 aliphatic rings. The Morgan fingerprint density at radius 2 is 0.850 bits per heavy atom. The first-order chi connectivity index (χ1) is 8.77. The van der Waals surface area contributed by atoms with Gasteiger partial charge in [0.15, 0.2) is 0 Å². The smallest absolute Gasteiger partial charge is 0.316 e. The molecule has 1 N–H and O–H groups in total. The zero-order valence-electron chi connectivity index (χ0n) is 14.9. The van der Waals surface area contributed by atoms with E-state index in [1.54, 1.807) is 0 Å². The quantitative estimate of drug-likeness (QED) is 0.300. The maximum Gasteiger partial charge on any atom is 2.00 e. The third-order valence-corrected chi connectivity index (χ3v) is 10.5. The van der Waals surface area contributed by atoms with Gasteiger partial charge in [-0.3, -0.25) is 0 Å². The van der Waals surface area contributed by atoms with Gasteiger partial charge in [-0.25, -0.2) is 0 Å². The molecule has 0 saturated heterocycles. The van der Waals surface area contributed by atoms with Gasteiger partial charge in [0.1, 0.15) is 0 Å². The van der Waals surface area contributed by atoms with Crippen LogP contribution in [0.5, 0.6) is 0 Å². The Balaban J connectivity index is 0. The van der Waals surface area contributed by atoms with Crippen LogP contribution in [0.3, 0.4) is 0 Å². The second-order valence-electron chi connectivity index (χ2n) is 6.60. The van der Waals surface area contributed by atoms with E-state index in [9.17, 15) is 0 Å². The molecule has 0 heterocycles. The monoisotopic (exact) mass is 407 g/mol. The fourth-order valence-corrected chi connectivity index (χ4v) is 8.05. The van der Waals surface area contributed by atoms with Crippen LogP contribution < -0.4 is 5.32 Å². The van der Waals surface area contributed by atoms with Crippen molar-refractivity contribution in [3.8, 4) is 0 Å². The first-order valence-corrected chi connectivity index (χ1v) is 11.3. The topological polar surface area (TPSA) is 12.0 Å². The Kier molecular flexibility index (Phi) is 15.3. The molecular formula is C16H37NP2Ru+2. The van der Waals surface area contributed by atoms with Crippen molar-refractivity contribution in [3.05, 3.63) is 0 Å². The molecule has 0 atom stereocenters. The van der Waals surface area contributed by atoms with Crippen LogP contribution in [0.4, 0.5) is 0 Å². The Bertz CT molecular complexity index is 183. The van der Waals surface area contributed by atoms with Crippen LogP contribution in [0.2, 0.25) is 0 Å². The van der Waals surface area contributed by atoms with Crippen molar-refractivity contribution in [3.63, 3.8) is 0 Å². The van der Waals surface area contributed by atoms with Crippen molar-refractivity contribution in [2.24, 2.45) is 0 Å². The van der Waals surface area contributed by atoms with E-state index < -0.39 is 0 Å². The van der Waals surface area contributed by atoms with Gasteiger partial charge in [0, 0.05) is 0 Å². The van der Waals surface area contributed by atoms with Gasteiger partial charge in [-0.15, -0.1) is 15.8 Å². The molecule has 122 valence electrons. The van der Waals surface area contributed by atoms with Crippen LogP contribution in [0.25, 0.3) is 0 Å². The van der Waals surface area contributed by atoms with Crippen molar-refractivity contribution >= 4 is 15.8 Å². The van der Waals surface area contributed by atoms with Gasteiger partial charge < -0.3 is 5.32 Å². The molecule has 0 aliphatic carbocycles.